The molecule has 0 radical (unpaired) electrons. The zero-order valence-corrected chi connectivity index (χ0v) is 7.94. The van der Waals surface area contributed by atoms with Gasteiger partial charge in [-0.2, -0.15) is 0 Å². The van der Waals surface area contributed by atoms with Gasteiger partial charge in [-0.25, -0.2) is 4.79 Å². The molecule has 0 N–H and O–H groups in total. The number of methoxy groups -OCH3 is 1. The number of hydrogen-bond donors (Lipinski definition) is 0. The number of hydrogen-bond acceptors (Lipinski definition) is 4. The van der Waals surface area contributed by atoms with Crippen molar-refractivity contribution in [2.75, 3.05) is 7.11 Å². The summed E-state index contributed by atoms with van der Waals surface area (Å²) >= 11 is 0. The van der Waals surface area contributed by atoms with Crippen LogP contribution in [-0.2, 0) is 14.3 Å². The van der Waals surface area contributed by atoms with Crippen LogP contribution in [0.25, 0.3) is 6.08 Å². The van der Waals surface area contributed by atoms with Crippen molar-refractivity contribution in [1.29, 1.82) is 0 Å². The van der Waals surface area contributed by atoms with Crippen LogP contribution in [0.2, 0.25) is 0 Å². The van der Waals surface area contributed by atoms with Crippen LogP contribution in [-0.4, -0.2) is 18.9 Å². The van der Waals surface area contributed by atoms with Crippen molar-refractivity contribution in [2.24, 2.45) is 0 Å². The molecule has 74 valence electrons. The standard InChI is InChI=1S/C10H10O4/c1-7(11)9(10(12)13-2)6-8-4-3-5-14-8/h3-6H,1-2H3/b9-6+. The number of furan rings is 1. The number of Topliss-reactive ketones (excluding diaryl/α,β-unsaturated/α-hetero) is 1. The molecule has 0 aliphatic heterocycles. The van der Waals surface area contributed by atoms with E-state index in [-0.39, 0.29) is 11.4 Å². The van der Waals surface area contributed by atoms with Gasteiger partial charge in [-0.15, -0.1) is 0 Å². The lowest BCUT2D eigenvalue weighted by atomic mass is 10.1. The Morgan fingerprint density at radius 3 is 2.64 bits per heavy atom. The number of esters is 1. The molecule has 4 nitrogen and oxygen atoms in total. The maximum atomic E-state index is 11.1. The second kappa shape index (κ2) is 4.41. The summed E-state index contributed by atoms with van der Waals surface area (Å²) in [6.07, 6.45) is 2.81. The third kappa shape index (κ3) is 2.32. The zero-order valence-electron chi connectivity index (χ0n) is 7.94. The fourth-order valence-electron chi connectivity index (χ4n) is 0.930. The summed E-state index contributed by atoms with van der Waals surface area (Å²) in [7, 11) is 1.22. The Labute approximate surface area is 81.2 Å². The summed E-state index contributed by atoms with van der Waals surface area (Å²) in [5.41, 5.74) is -0.0255. The number of rotatable bonds is 3. The molecule has 4 heteroatoms. The van der Waals surface area contributed by atoms with Crippen molar-refractivity contribution >= 4 is 17.8 Å². The van der Waals surface area contributed by atoms with Gasteiger partial charge in [-0.3, -0.25) is 4.79 Å². The minimum absolute atomic E-state index is 0.0255. The van der Waals surface area contributed by atoms with Crippen LogP contribution in [0.5, 0.6) is 0 Å². The molecule has 1 aromatic rings. The van der Waals surface area contributed by atoms with Crippen molar-refractivity contribution in [3.05, 3.63) is 29.7 Å². The molecule has 14 heavy (non-hydrogen) atoms. The van der Waals surface area contributed by atoms with Gasteiger partial charge in [-0.05, 0) is 25.1 Å². The van der Waals surface area contributed by atoms with E-state index in [9.17, 15) is 9.59 Å². The van der Waals surface area contributed by atoms with E-state index in [1.165, 1.54) is 26.4 Å². The summed E-state index contributed by atoms with van der Waals surface area (Å²) in [4.78, 5) is 22.2. The highest BCUT2D eigenvalue weighted by molar-refractivity contribution is 6.19. The molecule has 0 aliphatic rings. The van der Waals surface area contributed by atoms with E-state index < -0.39 is 5.97 Å². The molecule has 1 heterocycles. The van der Waals surface area contributed by atoms with E-state index >= 15 is 0 Å². The summed E-state index contributed by atoms with van der Waals surface area (Å²) in [6, 6.07) is 3.31. The van der Waals surface area contributed by atoms with Gasteiger partial charge in [-0.1, -0.05) is 0 Å². The van der Waals surface area contributed by atoms with Gasteiger partial charge >= 0.3 is 5.97 Å². The van der Waals surface area contributed by atoms with Crippen LogP contribution in [0.15, 0.2) is 28.4 Å². The molecule has 0 fully saturated rings. The highest BCUT2D eigenvalue weighted by Crippen LogP contribution is 2.09. The molecule has 0 saturated carbocycles. The lowest BCUT2D eigenvalue weighted by molar-refractivity contribution is -0.137. The van der Waals surface area contributed by atoms with Gasteiger partial charge in [0.05, 0.1) is 13.4 Å². The Morgan fingerprint density at radius 2 is 2.21 bits per heavy atom. The van der Waals surface area contributed by atoms with E-state index in [0.29, 0.717) is 5.76 Å². The van der Waals surface area contributed by atoms with E-state index in [2.05, 4.69) is 4.74 Å². The normalized spacial score (nSPS) is 11.1. The second-order valence-electron chi connectivity index (χ2n) is 2.62. The minimum Gasteiger partial charge on any atom is -0.465 e. The molecule has 0 atom stereocenters. The Kier molecular flexibility index (Phi) is 3.23. The monoisotopic (exact) mass is 194 g/mol. The summed E-state index contributed by atoms with van der Waals surface area (Å²) in [5, 5.41) is 0. The summed E-state index contributed by atoms with van der Waals surface area (Å²) < 4.78 is 9.43. The van der Waals surface area contributed by atoms with Crippen molar-refractivity contribution in [3.63, 3.8) is 0 Å². The number of carbonyl (C=O) groups excluding carboxylic acids is 2. The molecule has 0 saturated heterocycles. The molecule has 0 aliphatic carbocycles. The SMILES string of the molecule is COC(=O)/C(=C/c1ccco1)C(C)=O. The maximum Gasteiger partial charge on any atom is 0.341 e. The minimum atomic E-state index is -0.658. The van der Waals surface area contributed by atoms with Crippen molar-refractivity contribution in [2.45, 2.75) is 6.92 Å². The Bertz CT molecular complexity index is 359. The molecule has 1 aromatic heterocycles. The van der Waals surface area contributed by atoms with Gasteiger partial charge in [0.15, 0.2) is 5.78 Å². The Hall–Kier alpha value is -1.84. The highest BCUT2D eigenvalue weighted by atomic mass is 16.5. The van der Waals surface area contributed by atoms with Gasteiger partial charge in [0.25, 0.3) is 0 Å². The molecule has 0 aromatic carbocycles. The quantitative estimate of drug-likeness (QED) is 0.316. The first-order valence-corrected chi connectivity index (χ1v) is 3.99. The lowest BCUT2D eigenvalue weighted by Crippen LogP contribution is -2.11. The van der Waals surface area contributed by atoms with Crippen LogP contribution in [0, 0.1) is 0 Å². The molecular formula is C10H10O4. The van der Waals surface area contributed by atoms with Crippen LogP contribution in [0.1, 0.15) is 12.7 Å². The Morgan fingerprint density at radius 1 is 1.50 bits per heavy atom. The average molecular weight is 194 g/mol. The van der Waals surface area contributed by atoms with Gasteiger partial charge < -0.3 is 9.15 Å². The smallest absolute Gasteiger partial charge is 0.341 e. The maximum absolute atomic E-state index is 11.1. The van der Waals surface area contributed by atoms with E-state index in [4.69, 9.17) is 4.42 Å². The van der Waals surface area contributed by atoms with E-state index in [0.717, 1.165) is 0 Å². The summed E-state index contributed by atoms with van der Waals surface area (Å²) in [5.74, 6) is -0.567. The fraction of sp³-hybridized carbons (Fsp3) is 0.200. The molecule has 0 spiro atoms. The summed E-state index contributed by atoms with van der Waals surface area (Å²) in [6.45, 7) is 1.30. The van der Waals surface area contributed by atoms with Crippen LogP contribution < -0.4 is 0 Å². The first-order valence-electron chi connectivity index (χ1n) is 3.99. The van der Waals surface area contributed by atoms with E-state index in [1.54, 1.807) is 12.1 Å². The first kappa shape index (κ1) is 10.2. The van der Waals surface area contributed by atoms with Crippen LogP contribution >= 0.6 is 0 Å². The zero-order chi connectivity index (χ0) is 10.6. The predicted molar refractivity (Wildman–Crippen MR) is 49.4 cm³/mol. The molecule has 0 unspecified atom stereocenters. The Balaban J connectivity index is 2.99. The van der Waals surface area contributed by atoms with Gasteiger partial charge in [0.2, 0.25) is 0 Å². The number of ketones is 1. The van der Waals surface area contributed by atoms with Gasteiger partial charge in [0, 0.05) is 0 Å². The van der Waals surface area contributed by atoms with Crippen LogP contribution in [0.4, 0.5) is 0 Å². The van der Waals surface area contributed by atoms with Crippen molar-refractivity contribution in [3.8, 4) is 0 Å². The third-order valence-corrected chi connectivity index (χ3v) is 1.61. The highest BCUT2D eigenvalue weighted by Gasteiger charge is 2.15. The topological polar surface area (TPSA) is 56.5 Å². The third-order valence-electron chi connectivity index (χ3n) is 1.61. The predicted octanol–water partition coefficient (Wildman–Crippen LogP) is 1.42. The molecular weight excluding hydrogens is 184 g/mol. The van der Waals surface area contributed by atoms with Crippen LogP contribution in [0.3, 0.4) is 0 Å². The van der Waals surface area contributed by atoms with Crippen molar-refractivity contribution < 1.29 is 18.7 Å². The van der Waals surface area contributed by atoms with E-state index in [1.807, 2.05) is 0 Å². The molecule has 0 amide bonds. The first-order chi connectivity index (χ1) is 6.65. The largest absolute Gasteiger partial charge is 0.465 e. The molecule has 0 bridgehead atoms. The van der Waals surface area contributed by atoms with Crippen molar-refractivity contribution in [1.82, 2.24) is 0 Å². The lowest BCUT2D eigenvalue weighted by Gasteiger charge is -1.99. The second-order valence-corrected chi connectivity index (χ2v) is 2.62. The number of carbonyl (C=O) groups is 2. The molecule has 1 rings (SSSR count). The van der Waals surface area contributed by atoms with Gasteiger partial charge in [0.1, 0.15) is 11.3 Å². The number of ether oxygens (including phenoxy) is 1. The fourth-order valence-corrected chi connectivity index (χ4v) is 0.930. The average Bonchev–Trinajstić information content (AvgIpc) is 2.65.